The molecular formula is C25H25ClN4O3. The van der Waals surface area contributed by atoms with Crippen molar-refractivity contribution in [3.05, 3.63) is 81.5 Å². The number of benzene rings is 2. The summed E-state index contributed by atoms with van der Waals surface area (Å²) in [4.78, 5) is 26.6. The van der Waals surface area contributed by atoms with Gasteiger partial charge in [-0.05, 0) is 50.6 Å². The van der Waals surface area contributed by atoms with E-state index in [9.17, 15) is 9.59 Å². The van der Waals surface area contributed by atoms with Gasteiger partial charge in [0.25, 0.3) is 5.56 Å². The van der Waals surface area contributed by atoms with E-state index in [4.69, 9.17) is 16.3 Å². The lowest BCUT2D eigenvalue weighted by atomic mass is 10.1. The van der Waals surface area contributed by atoms with Crippen molar-refractivity contribution in [2.45, 2.75) is 33.2 Å². The molecule has 0 saturated heterocycles. The van der Waals surface area contributed by atoms with Crippen LogP contribution >= 0.6 is 11.6 Å². The first kappa shape index (κ1) is 22.6. The number of aromatic nitrogens is 3. The van der Waals surface area contributed by atoms with Crippen LogP contribution in [0.3, 0.4) is 0 Å². The summed E-state index contributed by atoms with van der Waals surface area (Å²) >= 11 is 6.20. The van der Waals surface area contributed by atoms with E-state index in [2.05, 4.69) is 10.4 Å². The Balaban J connectivity index is 1.76. The van der Waals surface area contributed by atoms with Crippen LogP contribution in [0, 0.1) is 13.8 Å². The number of carbonyl (C=O) groups is 1. The van der Waals surface area contributed by atoms with Crippen LogP contribution in [-0.2, 0) is 4.79 Å². The number of halogens is 1. The quantitative estimate of drug-likeness (QED) is 0.433. The normalized spacial score (nSPS) is 12.0. The van der Waals surface area contributed by atoms with Crippen molar-refractivity contribution in [1.29, 1.82) is 0 Å². The summed E-state index contributed by atoms with van der Waals surface area (Å²) in [6.45, 7) is 5.71. The number of hydrogen-bond donors (Lipinski definition) is 1. The Morgan fingerprint density at radius 3 is 2.52 bits per heavy atom. The number of aryl methyl sites for hydroxylation is 2. The van der Waals surface area contributed by atoms with Crippen molar-refractivity contribution < 1.29 is 9.53 Å². The van der Waals surface area contributed by atoms with Crippen molar-refractivity contribution in [2.24, 2.45) is 0 Å². The van der Waals surface area contributed by atoms with Gasteiger partial charge in [-0.1, -0.05) is 36.7 Å². The highest BCUT2D eigenvalue weighted by atomic mass is 35.5. The summed E-state index contributed by atoms with van der Waals surface area (Å²) in [7, 11) is 1.54. The minimum atomic E-state index is -0.511. The van der Waals surface area contributed by atoms with Crippen LogP contribution < -0.4 is 15.6 Å². The Kier molecular flexibility index (Phi) is 6.24. The Morgan fingerprint density at radius 2 is 1.88 bits per heavy atom. The van der Waals surface area contributed by atoms with Crippen molar-refractivity contribution in [3.63, 3.8) is 0 Å². The molecule has 0 radical (unpaired) electrons. The maximum absolute atomic E-state index is 13.3. The van der Waals surface area contributed by atoms with Crippen molar-refractivity contribution >= 4 is 34.0 Å². The van der Waals surface area contributed by atoms with Gasteiger partial charge >= 0.3 is 0 Å². The number of ether oxygens (including phenoxy) is 1. The van der Waals surface area contributed by atoms with Crippen LogP contribution in [0.1, 0.15) is 30.8 Å². The zero-order valence-corrected chi connectivity index (χ0v) is 19.7. The first-order valence-corrected chi connectivity index (χ1v) is 11.0. The third kappa shape index (κ3) is 4.00. The number of nitrogens with zero attached hydrogens (tertiary/aromatic N) is 3. The van der Waals surface area contributed by atoms with E-state index >= 15 is 0 Å². The number of anilines is 1. The van der Waals surface area contributed by atoms with E-state index in [-0.39, 0.29) is 11.5 Å². The molecule has 0 fully saturated rings. The third-order valence-corrected chi connectivity index (χ3v) is 6.17. The SMILES string of the molecule is CC[C@@H](C(=O)Nc1ccc(OC)c(Cl)c1)n1c(C)c2cnn(-c3ccccc3)c(=O)c2c1C. The second kappa shape index (κ2) is 9.11. The van der Waals surface area contributed by atoms with Crippen LogP contribution in [-0.4, -0.2) is 27.4 Å². The average Bonchev–Trinajstić information content (AvgIpc) is 3.06. The predicted octanol–water partition coefficient (Wildman–Crippen LogP) is 5.06. The first-order chi connectivity index (χ1) is 15.9. The number of carbonyl (C=O) groups excluding carboxylic acids is 1. The van der Waals surface area contributed by atoms with Gasteiger partial charge < -0.3 is 14.6 Å². The summed E-state index contributed by atoms with van der Waals surface area (Å²) in [5.74, 6) is 0.342. The smallest absolute Gasteiger partial charge is 0.281 e. The molecule has 0 bridgehead atoms. The Bertz CT molecular complexity index is 1390. The van der Waals surface area contributed by atoms with E-state index in [1.807, 2.05) is 55.7 Å². The molecule has 2 aromatic heterocycles. The van der Waals surface area contributed by atoms with Gasteiger partial charge in [0, 0.05) is 22.5 Å². The lowest BCUT2D eigenvalue weighted by Crippen LogP contribution is -2.27. The molecule has 2 aromatic carbocycles. The van der Waals surface area contributed by atoms with Crippen LogP contribution in [0.5, 0.6) is 5.75 Å². The number of nitrogens with one attached hydrogen (secondary N) is 1. The third-order valence-electron chi connectivity index (χ3n) is 5.87. The Labute approximate surface area is 196 Å². The molecule has 1 atom stereocenters. The minimum Gasteiger partial charge on any atom is -0.495 e. The van der Waals surface area contributed by atoms with Crippen molar-refractivity contribution in [2.75, 3.05) is 12.4 Å². The fourth-order valence-corrected chi connectivity index (χ4v) is 4.51. The maximum atomic E-state index is 13.3. The zero-order valence-electron chi connectivity index (χ0n) is 18.9. The fourth-order valence-electron chi connectivity index (χ4n) is 4.25. The van der Waals surface area contributed by atoms with E-state index < -0.39 is 6.04 Å². The van der Waals surface area contributed by atoms with Gasteiger partial charge in [-0.15, -0.1) is 0 Å². The summed E-state index contributed by atoms with van der Waals surface area (Å²) in [6, 6.07) is 13.9. The van der Waals surface area contributed by atoms with Crippen molar-refractivity contribution in [3.8, 4) is 11.4 Å². The highest BCUT2D eigenvalue weighted by molar-refractivity contribution is 6.32. The predicted molar refractivity (Wildman–Crippen MR) is 131 cm³/mol. The van der Waals surface area contributed by atoms with E-state index in [0.717, 1.165) is 16.8 Å². The van der Waals surface area contributed by atoms with Gasteiger partial charge in [0.05, 0.1) is 29.4 Å². The molecule has 33 heavy (non-hydrogen) atoms. The molecule has 0 unspecified atom stereocenters. The molecule has 8 heteroatoms. The zero-order chi connectivity index (χ0) is 23.7. The average molecular weight is 465 g/mol. The fraction of sp³-hybridized carbons (Fsp3) is 0.240. The molecule has 1 N–H and O–H groups in total. The number of amides is 1. The van der Waals surface area contributed by atoms with Gasteiger partial charge in [0.2, 0.25) is 5.91 Å². The Morgan fingerprint density at radius 1 is 1.15 bits per heavy atom. The van der Waals surface area contributed by atoms with Gasteiger partial charge in [-0.2, -0.15) is 9.78 Å². The molecular weight excluding hydrogens is 440 g/mol. The summed E-state index contributed by atoms with van der Waals surface area (Å²) in [5, 5.41) is 9.03. The number of para-hydroxylation sites is 1. The summed E-state index contributed by atoms with van der Waals surface area (Å²) in [6.07, 6.45) is 2.23. The van der Waals surface area contributed by atoms with Crippen LogP contribution in [0.25, 0.3) is 16.5 Å². The highest BCUT2D eigenvalue weighted by Crippen LogP contribution is 2.30. The highest BCUT2D eigenvalue weighted by Gasteiger charge is 2.26. The van der Waals surface area contributed by atoms with E-state index in [1.165, 1.54) is 11.8 Å². The Hall–Kier alpha value is -3.58. The van der Waals surface area contributed by atoms with E-state index in [1.54, 1.807) is 24.4 Å². The molecule has 0 saturated carbocycles. The number of hydrogen-bond acceptors (Lipinski definition) is 4. The molecule has 0 aliphatic carbocycles. The molecule has 0 aliphatic heterocycles. The lowest BCUT2D eigenvalue weighted by molar-refractivity contribution is -0.119. The van der Waals surface area contributed by atoms with Gasteiger partial charge in [0.15, 0.2) is 0 Å². The molecule has 170 valence electrons. The summed E-state index contributed by atoms with van der Waals surface area (Å²) in [5.41, 5.74) is 2.60. The number of rotatable bonds is 6. The molecule has 1 amide bonds. The van der Waals surface area contributed by atoms with Gasteiger partial charge in [-0.25, -0.2) is 0 Å². The van der Waals surface area contributed by atoms with Crippen LogP contribution in [0.2, 0.25) is 5.02 Å². The van der Waals surface area contributed by atoms with Crippen LogP contribution in [0.4, 0.5) is 5.69 Å². The lowest BCUT2D eigenvalue weighted by Gasteiger charge is -2.21. The van der Waals surface area contributed by atoms with Crippen LogP contribution in [0.15, 0.2) is 59.5 Å². The maximum Gasteiger partial charge on any atom is 0.281 e. The first-order valence-electron chi connectivity index (χ1n) is 10.7. The second-order valence-electron chi connectivity index (χ2n) is 7.79. The van der Waals surface area contributed by atoms with Gasteiger partial charge in [-0.3, -0.25) is 9.59 Å². The second-order valence-corrected chi connectivity index (χ2v) is 8.20. The van der Waals surface area contributed by atoms with Crippen molar-refractivity contribution in [1.82, 2.24) is 14.3 Å². The van der Waals surface area contributed by atoms with Gasteiger partial charge in [0.1, 0.15) is 11.8 Å². The monoisotopic (exact) mass is 464 g/mol. The summed E-state index contributed by atoms with van der Waals surface area (Å²) < 4.78 is 8.48. The number of methoxy groups -OCH3 is 1. The number of fused-ring (bicyclic) bond motifs is 1. The topological polar surface area (TPSA) is 78.2 Å². The molecule has 4 aromatic rings. The standard InChI is InChI=1S/C25H25ClN4O3/c1-5-21(24(31)28-17-11-12-22(33-4)20(26)13-17)29-15(2)19-14-27-30(18-9-7-6-8-10-18)25(32)23(19)16(29)3/h6-14,21H,5H2,1-4H3,(H,28,31)/t21-/m0/s1. The minimum absolute atomic E-state index is 0.193. The molecule has 7 nitrogen and oxygen atoms in total. The molecule has 2 heterocycles. The van der Waals surface area contributed by atoms with E-state index in [0.29, 0.717) is 34.0 Å². The molecule has 4 rings (SSSR count). The largest absolute Gasteiger partial charge is 0.495 e. The molecule has 0 aliphatic rings. The molecule has 0 spiro atoms.